The lowest BCUT2D eigenvalue weighted by atomic mass is 10.0. The predicted molar refractivity (Wildman–Crippen MR) is 245 cm³/mol. The number of aliphatic hydroxyl groups excluding tert-OH is 1. The zero-order valence-corrected chi connectivity index (χ0v) is 38.4. The van der Waals surface area contributed by atoms with E-state index < -0.39 is 57.6 Å². The molecule has 60 heavy (non-hydrogen) atoms. The molecule has 3 atom stereocenters. The average molecular weight is 866 g/mol. The number of carbonyl (C=O) groups is 3. The summed E-state index contributed by atoms with van der Waals surface area (Å²) in [6, 6.07) is -1.55. The van der Waals surface area contributed by atoms with Crippen LogP contribution in [0.2, 0.25) is 0 Å². The van der Waals surface area contributed by atoms with Gasteiger partial charge in [-0.3, -0.25) is 18.6 Å². The highest BCUT2D eigenvalue weighted by Crippen LogP contribution is 2.43. The molecule has 346 valence electrons. The molecule has 0 bridgehead atoms. The maximum absolute atomic E-state index is 12.3. The molecule has 0 saturated heterocycles. The zero-order valence-electron chi connectivity index (χ0n) is 37.5. The summed E-state index contributed by atoms with van der Waals surface area (Å²) in [7, 11) is -4.76. The molecule has 0 fully saturated rings. The molecule has 0 rings (SSSR count). The minimum atomic E-state index is -4.76. The second kappa shape index (κ2) is 42.9. The summed E-state index contributed by atoms with van der Waals surface area (Å²) in [6.07, 6.45) is 49.5. The van der Waals surface area contributed by atoms with Gasteiger partial charge in [-0.2, -0.15) is 0 Å². The van der Waals surface area contributed by atoms with Crippen LogP contribution in [0.5, 0.6) is 0 Å². The third kappa shape index (κ3) is 41.9. The predicted octanol–water partition coefficient (Wildman–Crippen LogP) is 12.3. The molecule has 12 heteroatoms. The number of allylic oxidation sites excluding steroid dienone is 10. The molecular formula is C48H84NO10P. The van der Waals surface area contributed by atoms with E-state index in [1.165, 1.54) is 64.2 Å². The molecule has 0 aliphatic heterocycles. The fourth-order valence-corrected chi connectivity index (χ4v) is 6.90. The Morgan fingerprint density at radius 1 is 0.533 bits per heavy atom. The van der Waals surface area contributed by atoms with Gasteiger partial charge in [0.2, 0.25) is 5.91 Å². The van der Waals surface area contributed by atoms with Gasteiger partial charge >= 0.3 is 19.8 Å². The molecular weight excluding hydrogens is 781 g/mol. The minimum Gasteiger partial charge on any atom is -0.480 e. The number of carbonyl (C=O) groups excluding carboxylic acids is 2. The van der Waals surface area contributed by atoms with Crippen LogP contribution in [-0.4, -0.2) is 64.9 Å². The highest BCUT2D eigenvalue weighted by Gasteiger charge is 2.28. The van der Waals surface area contributed by atoms with Gasteiger partial charge in [-0.25, -0.2) is 9.36 Å². The lowest BCUT2D eigenvalue weighted by Crippen LogP contribution is -2.43. The molecule has 0 aliphatic rings. The smallest absolute Gasteiger partial charge is 0.472 e. The Morgan fingerprint density at radius 2 is 0.950 bits per heavy atom. The second-order valence-corrected chi connectivity index (χ2v) is 17.0. The van der Waals surface area contributed by atoms with Crippen molar-refractivity contribution >= 4 is 25.7 Å². The van der Waals surface area contributed by atoms with E-state index in [0.717, 1.165) is 89.9 Å². The lowest BCUT2D eigenvalue weighted by Gasteiger charge is -2.18. The number of aliphatic hydroxyl groups is 1. The number of esters is 1. The number of ether oxygens (including phenoxy) is 1. The molecule has 0 aromatic carbocycles. The van der Waals surface area contributed by atoms with Crippen molar-refractivity contribution in [2.45, 2.75) is 206 Å². The number of nitrogens with one attached hydrogen (secondary N) is 1. The number of aliphatic carboxylic acids is 1. The number of phosphoric ester groups is 1. The molecule has 1 amide bonds. The molecule has 0 spiro atoms. The number of carboxylic acids is 1. The molecule has 0 aromatic rings. The zero-order chi connectivity index (χ0) is 44.2. The van der Waals surface area contributed by atoms with E-state index in [9.17, 15) is 34.1 Å². The number of hydrogen-bond donors (Lipinski definition) is 4. The number of phosphoric acid groups is 1. The van der Waals surface area contributed by atoms with Crippen molar-refractivity contribution in [2.75, 3.05) is 19.8 Å². The molecule has 4 N–H and O–H groups in total. The fourth-order valence-electron chi connectivity index (χ4n) is 6.12. The van der Waals surface area contributed by atoms with Gasteiger partial charge in [-0.15, -0.1) is 0 Å². The summed E-state index contributed by atoms with van der Waals surface area (Å²) >= 11 is 0. The number of carboxylic acid groups (broad SMARTS) is 1. The number of rotatable bonds is 43. The maximum Gasteiger partial charge on any atom is 0.472 e. The maximum atomic E-state index is 12.3. The Bertz CT molecular complexity index is 1250. The average Bonchev–Trinajstić information content (AvgIpc) is 3.22. The SMILES string of the molecule is CCC/C=C\C/C=C\CCCCCCCC(=O)OCC(O)COP(=O)(O)OCC(NC(=O)CCCCCCCCCCCC/C=C\C/C=C\C/C=C\CCCCC)C(=O)O. The van der Waals surface area contributed by atoms with Crippen molar-refractivity contribution in [3.05, 3.63) is 60.8 Å². The van der Waals surface area contributed by atoms with Crippen LogP contribution in [0.1, 0.15) is 194 Å². The lowest BCUT2D eigenvalue weighted by molar-refractivity contribution is -0.147. The van der Waals surface area contributed by atoms with Crippen LogP contribution in [0, 0.1) is 0 Å². The molecule has 0 radical (unpaired) electrons. The second-order valence-electron chi connectivity index (χ2n) is 15.6. The number of unbranched alkanes of at least 4 members (excludes halogenated alkanes) is 19. The van der Waals surface area contributed by atoms with Crippen molar-refractivity contribution in [3.63, 3.8) is 0 Å². The van der Waals surface area contributed by atoms with Crippen molar-refractivity contribution in [1.82, 2.24) is 5.32 Å². The van der Waals surface area contributed by atoms with Crippen LogP contribution in [0.3, 0.4) is 0 Å². The van der Waals surface area contributed by atoms with E-state index in [4.69, 9.17) is 13.8 Å². The summed E-state index contributed by atoms with van der Waals surface area (Å²) in [5, 5.41) is 21.8. The van der Waals surface area contributed by atoms with E-state index in [2.05, 4.69) is 79.9 Å². The van der Waals surface area contributed by atoms with Gasteiger partial charge in [-0.1, -0.05) is 164 Å². The number of hydrogen-bond acceptors (Lipinski definition) is 8. The Balaban J connectivity index is 3.89. The molecule has 11 nitrogen and oxygen atoms in total. The number of amides is 1. The fraction of sp³-hybridized carbons (Fsp3) is 0.729. The standard InChI is InChI=1S/C48H84NO10P/c1-3-5-7-9-11-13-15-17-18-19-20-21-22-23-24-25-26-28-29-31-33-35-37-39-46(51)49-45(48(53)54)43-59-60(55,56)58-42-44(50)41-57-47(52)40-38-36-34-32-30-27-16-14-12-10-8-6-4-2/h8,10-11,13-14,16-18,20-21,44-45,50H,3-7,9,12,15,19,22-43H2,1-2H3,(H,49,51)(H,53,54)(H,55,56)/b10-8-,13-11-,16-14-,18-17-,21-20-. The van der Waals surface area contributed by atoms with E-state index in [1.807, 2.05) is 0 Å². The van der Waals surface area contributed by atoms with Crippen LogP contribution in [-0.2, 0) is 32.7 Å². The van der Waals surface area contributed by atoms with E-state index in [1.54, 1.807) is 0 Å². The first kappa shape index (κ1) is 57.2. The van der Waals surface area contributed by atoms with Gasteiger partial charge < -0.3 is 25.2 Å². The van der Waals surface area contributed by atoms with Crippen LogP contribution in [0.4, 0.5) is 0 Å². The molecule has 0 aromatic heterocycles. The Morgan fingerprint density at radius 3 is 1.43 bits per heavy atom. The van der Waals surface area contributed by atoms with E-state index in [-0.39, 0.29) is 12.8 Å². The largest absolute Gasteiger partial charge is 0.480 e. The van der Waals surface area contributed by atoms with E-state index in [0.29, 0.717) is 12.8 Å². The third-order valence-corrected chi connectivity index (χ3v) is 10.7. The quantitative estimate of drug-likeness (QED) is 0.0200. The van der Waals surface area contributed by atoms with Crippen molar-refractivity contribution in [3.8, 4) is 0 Å². The Hall–Kier alpha value is -2.82. The van der Waals surface area contributed by atoms with Gasteiger partial charge in [0.05, 0.1) is 13.2 Å². The summed E-state index contributed by atoms with van der Waals surface area (Å²) in [6.45, 7) is 2.48. The third-order valence-electron chi connectivity index (χ3n) is 9.76. The summed E-state index contributed by atoms with van der Waals surface area (Å²) in [5.41, 5.74) is 0. The first-order chi connectivity index (χ1) is 29.1. The first-order valence-corrected chi connectivity index (χ1v) is 24.8. The monoisotopic (exact) mass is 866 g/mol. The minimum absolute atomic E-state index is 0.138. The van der Waals surface area contributed by atoms with Crippen molar-refractivity contribution in [2.24, 2.45) is 0 Å². The van der Waals surface area contributed by atoms with Gasteiger partial charge in [0.25, 0.3) is 0 Å². The van der Waals surface area contributed by atoms with Gasteiger partial charge in [-0.05, 0) is 77.0 Å². The van der Waals surface area contributed by atoms with Crippen LogP contribution >= 0.6 is 7.82 Å². The van der Waals surface area contributed by atoms with Crippen LogP contribution < -0.4 is 5.32 Å². The summed E-state index contributed by atoms with van der Waals surface area (Å²) in [4.78, 5) is 46.0. The highest BCUT2D eigenvalue weighted by molar-refractivity contribution is 7.47. The van der Waals surface area contributed by atoms with E-state index >= 15 is 0 Å². The van der Waals surface area contributed by atoms with Crippen molar-refractivity contribution < 1.29 is 47.8 Å². The Labute approximate surface area is 364 Å². The van der Waals surface area contributed by atoms with Crippen LogP contribution in [0.15, 0.2) is 60.8 Å². The van der Waals surface area contributed by atoms with Gasteiger partial charge in [0.15, 0.2) is 6.04 Å². The highest BCUT2D eigenvalue weighted by atomic mass is 31.2. The summed E-state index contributed by atoms with van der Waals surface area (Å²) in [5.74, 6) is -2.40. The topological polar surface area (TPSA) is 169 Å². The molecule has 0 saturated carbocycles. The van der Waals surface area contributed by atoms with Gasteiger partial charge in [0.1, 0.15) is 12.7 Å². The normalized spacial score (nSPS) is 14.2. The first-order valence-electron chi connectivity index (χ1n) is 23.3. The molecule has 3 unspecified atom stereocenters. The summed E-state index contributed by atoms with van der Waals surface area (Å²) < 4.78 is 26.8. The Kier molecular flexibility index (Phi) is 40.8. The van der Waals surface area contributed by atoms with Gasteiger partial charge in [0, 0.05) is 12.8 Å². The molecule has 0 aliphatic carbocycles. The van der Waals surface area contributed by atoms with Crippen molar-refractivity contribution in [1.29, 1.82) is 0 Å². The van der Waals surface area contributed by atoms with Crippen LogP contribution in [0.25, 0.3) is 0 Å². The molecule has 0 heterocycles.